The Morgan fingerprint density at radius 2 is 1.76 bits per heavy atom. The molecule has 7 heteroatoms. The molecular weight excluding hydrogens is 468 g/mol. The summed E-state index contributed by atoms with van der Waals surface area (Å²) in [6, 6.07) is 0. The highest BCUT2D eigenvalue weighted by molar-refractivity contribution is 5.92. The highest BCUT2D eigenvalue weighted by Gasteiger charge is 2.59. The van der Waals surface area contributed by atoms with Crippen LogP contribution in [0.2, 0.25) is 0 Å². The Bertz CT molecular complexity index is 806. The van der Waals surface area contributed by atoms with E-state index in [1.54, 1.807) is 0 Å². The molecule has 0 spiro atoms. The third-order valence-electron chi connectivity index (χ3n) is 8.74. The first kappa shape index (κ1) is 29.7. The standard InChI is InChI=1S/C30H50N2O5/c1-5-7-9-10-11-14-18-32-26-20-25(23-15-12-13-16-23)37-22(3)30(26,29(35)36-4)21-24(28(32)34)19-27(33)31-17-8-6-2/h20,22-25H,5-19,21H2,1-4H3,(H,31,33)/t22-,24-,25-,30+/m0/s1. The summed E-state index contributed by atoms with van der Waals surface area (Å²) < 4.78 is 11.9. The van der Waals surface area contributed by atoms with Crippen molar-refractivity contribution in [2.24, 2.45) is 17.3 Å². The van der Waals surface area contributed by atoms with Gasteiger partial charge in [-0.25, -0.2) is 0 Å². The van der Waals surface area contributed by atoms with Crippen molar-refractivity contribution < 1.29 is 23.9 Å². The smallest absolute Gasteiger partial charge is 0.320 e. The molecule has 0 bridgehead atoms. The molecule has 0 radical (unpaired) electrons. The van der Waals surface area contributed by atoms with Gasteiger partial charge in [-0.2, -0.15) is 0 Å². The van der Waals surface area contributed by atoms with E-state index in [-0.39, 0.29) is 36.7 Å². The van der Waals surface area contributed by atoms with Crippen LogP contribution in [0.5, 0.6) is 0 Å². The Morgan fingerprint density at radius 1 is 1.08 bits per heavy atom. The summed E-state index contributed by atoms with van der Waals surface area (Å²) in [5.74, 6) is -0.699. The van der Waals surface area contributed by atoms with E-state index in [4.69, 9.17) is 9.47 Å². The van der Waals surface area contributed by atoms with E-state index in [0.717, 1.165) is 50.6 Å². The lowest BCUT2D eigenvalue weighted by atomic mass is 9.66. The molecule has 2 heterocycles. The monoisotopic (exact) mass is 518 g/mol. The molecule has 2 amide bonds. The van der Waals surface area contributed by atoms with Gasteiger partial charge >= 0.3 is 5.97 Å². The van der Waals surface area contributed by atoms with Gasteiger partial charge in [0.2, 0.25) is 11.8 Å². The van der Waals surface area contributed by atoms with Crippen LogP contribution in [0.4, 0.5) is 0 Å². The Labute approximate surface area is 224 Å². The number of fused-ring (bicyclic) bond motifs is 1. The van der Waals surface area contributed by atoms with Crippen molar-refractivity contribution in [3.63, 3.8) is 0 Å². The molecule has 7 nitrogen and oxygen atoms in total. The summed E-state index contributed by atoms with van der Waals surface area (Å²) >= 11 is 0. The predicted molar refractivity (Wildman–Crippen MR) is 145 cm³/mol. The van der Waals surface area contributed by atoms with Crippen molar-refractivity contribution in [3.8, 4) is 0 Å². The number of methoxy groups -OCH3 is 1. The molecule has 0 aromatic rings. The second-order valence-electron chi connectivity index (χ2n) is 11.4. The van der Waals surface area contributed by atoms with Crippen molar-refractivity contribution >= 4 is 17.8 Å². The highest BCUT2D eigenvalue weighted by Crippen LogP contribution is 2.51. The molecule has 37 heavy (non-hydrogen) atoms. The van der Waals surface area contributed by atoms with E-state index in [9.17, 15) is 14.4 Å². The quantitative estimate of drug-likeness (QED) is 0.242. The summed E-state index contributed by atoms with van der Waals surface area (Å²) in [6.07, 6.45) is 15.1. The van der Waals surface area contributed by atoms with E-state index in [2.05, 4.69) is 25.2 Å². The topological polar surface area (TPSA) is 84.9 Å². The van der Waals surface area contributed by atoms with Gasteiger partial charge in [0.25, 0.3) is 0 Å². The van der Waals surface area contributed by atoms with Crippen LogP contribution >= 0.6 is 0 Å². The number of carbonyl (C=O) groups excluding carboxylic acids is 3. The van der Waals surface area contributed by atoms with Crippen molar-refractivity contribution in [2.45, 2.75) is 123 Å². The van der Waals surface area contributed by atoms with E-state index in [1.165, 1.54) is 39.2 Å². The first-order valence-electron chi connectivity index (χ1n) is 14.9. The largest absolute Gasteiger partial charge is 0.468 e. The molecule has 1 aliphatic carbocycles. The lowest BCUT2D eigenvalue weighted by Crippen LogP contribution is -2.60. The normalized spacial score (nSPS) is 28.1. The van der Waals surface area contributed by atoms with Gasteiger partial charge in [0.1, 0.15) is 5.41 Å². The third kappa shape index (κ3) is 6.96. The number of likely N-dealkylation sites (tertiary alicyclic amines) is 1. The van der Waals surface area contributed by atoms with Crippen LogP contribution in [0, 0.1) is 17.3 Å². The summed E-state index contributed by atoms with van der Waals surface area (Å²) in [6.45, 7) is 7.40. The zero-order valence-electron chi connectivity index (χ0n) is 23.7. The maximum Gasteiger partial charge on any atom is 0.320 e. The molecule has 2 fully saturated rings. The fraction of sp³-hybridized carbons (Fsp3) is 0.833. The first-order valence-corrected chi connectivity index (χ1v) is 14.9. The van der Waals surface area contributed by atoms with Gasteiger partial charge in [-0.15, -0.1) is 0 Å². The SMILES string of the molecule is CCCCCCCCN1C(=O)[C@@H](CC(=O)NCCCC)C[C@]2(C(=O)OC)C1=C[C@@H](C1CCCC1)O[C@H]2C. The van der Waals surface area contributed by atoms with Gasteiger partial charge in [-0.1, -0.05) is 65.2 Å². The van der Waals surface area contributed by atoms with Gasteiger partial charge in [0.15, 0.2) is 0 Å². The van der Waals surface area contributed by atoms with Crippen LogP contribution in [0.15, 0.2) is 11.8 Å². The Hall–Kier alpha value is -1.89. The molecule has 3 rings (SSSR count). The van der Waals surface area contributed by atoms with Crippen LogP contribution in [0.3, 0.4) is 0 Å². The van der Waals surface area contributed by atoms with Crippen molar-refractivity contribution in [2.75, 3.05) is 20.2 Å². The number of amides is 2. The Morgan fingerprint density at radius 3 is 2.43 bits per heavy atom. The molecule has 1 saturated carbocycles. The number of nitrogens with one attached hydrogen (secondary N) is 1. The highest BCUT2D eigenvalue weighted by atomic mass is 16.5. The molecule has 3 aliphatic rings. The lowest BCUT2D eigenvalue weighted by molar-refractivity contribution is -0.177. The fourth-order valence-electron chi connectivity index (χ4n) is 6.53. The maximum absolute atomic E-state index is 13.9. The first-order chi connectivity index (χ1) is 17.9. The number of ether oxygens (including phenoxy) is 2. The minimum atomic E-state index is -1.08. The van der Waals surface area contributed by atoms with E-state index >= 15 is 0 Å². The molecule has 0 aromatic carbocycles. The number of hydrogen-bond donors (Lipinski definition) is 1. The Balaban J connectivity index is 1.90. The molecule has 0 aromatic heterocycles. The number of unbranched alkanes of at least 4 members (excludes halogenated alkanes) is 6. The number of hydrogen-bond acceptors (Lipinski definition) is 5. The lowest BCUT2D eigenvalue weighted by Gasteiger charge is -2.52. The molecule has 2 aliphatic heterocycles. The molecule has 4 atom stereocenters. The molecule has 1 saturated heterocycles. The number of nitrogens with zero attached hydrogens (tertiary/aromatic N) is 1. The van der Waals surface area contributed by atoms with Crippen molar-refractivity contribution in [1.82, 2.24) is 10.2 Å². The van der Waals surface area contributed by atoms with Gasteiger partial charge in [0.05, 0.1) is 19.3 Å². The minimum Gasteiger partial charge on any atom is -0.468 e. The maximum atomic E-state index is 13.9. The minimum absolute atomic E-state index is 0.0377. The average molecular weight is 519 g/mol. The van der Waals surface area contributed by atoms with E-state index in [0.29, 0.717) is 19.0 Å². The molecule has 210 valence electrons. The van der Waals surface area contributed by atoms with Gasteiger partial charge in [0, 0.05) is 31.1 Å². The Kier molecular flexibility index (Phi) is 11.5. The second-order valence-corrected chi connectivity index (χ2v) is 11.4. The predicted octanol–water partition coefficient (Wildman–Crippen LogP) is 5.52. The van der Waals surface area contributed by atoms with E-state index in [1.807, 2.05) is 11.8 Å². The van der Waals surface area contributed by atoms with Gasteiger partial charge < -0.3 is 19.7 Å². The number of rotatable bonds is 14. The zero-order valence-corrected chi connectivity index (χ0v) is 23.7. The van der Waals surface area contributed by atoms with Crippen molar-refractivity contribution in [1.29, 1.82) is 0 Å². The molecular formula is C30H50N2O5. The van der Waals surface area contributed by atoms with Crippen LogP contribution in [0.25, 0.3) is 0 Å². The van der Waals surface area contributed by atoms with Gasteiger partial charge in [-0.3, -0.25) is 14.4 Å². The second kappa shape index (κ2) is 14.3. The van der Waals surface area contributed by atoms with Crippen molar-refractivity contribution in [3.05, 3.63) is 11.8 Å². The summed E-state index contributed by atoms with van der Waals surface area (Å²) in [7, 11) is 1.41. The number of esters is 1. The van der Waals surface area contributed by atoms with Crippen LogP contribution < -0.4 is 5.32 Å². The average Bonchev–Trinajstić information content (AvgIpc) is 3.43. The fourth-order valence-corrected chi connectivity index (χ4v) is 6.53. The third-order valence-corrected chi connectivity index (χ3v) is 8.74. The van der Waals surface area contributed by atoms with Crippen LogP contribution in [-0.2, 0) is 23.9 Å². The number of carbonyl (C=O) groups is 3. The summed E-state index contributed by atoms with van der Waals surface area (Å²) in [4.78, 5) is 42.0. The van der Waals surface area contributed by atoms with Gasteiger partial charge in [-0.05, 0) is 51.0 Å². The van der Waals surface area contributed by atoms with Crippen LogP contribution in [0.1, 0.15) is 111 Å². The molecule has 0 unspecified atom stereocenters. The molecule has 1 N–H and O–H groups in total. The summed E-state index contributed by atoms with van der Waals surface area (Å²) in [5, 5.41) is 2.95. The number of piperidine rings is 1. The van der Waals surface area contributed by atoms with E-state index < -0.39 is 17.4 Å². The summed E-state index contributed by atoms with van der Waals surface area (Å²) in [5.41, 5.74) is -0.315. The zero-order chi connectivity index (χ0) is 26.8. The van der Waals surface area contributed by atoms with Crippen LogP contribution in [-0.4, -0.2) is 55.1 Å².